The van der Waals surface area contributed by atoms with Gasteiger partial charge in [0, 0.05) is 42.9 Å². The van der Waals surface area contributed by atoms with E-state index in [0.29, 0.717) is 48.5 Å². The van der Waals surface area contributed by atoms with Gasteiger partial charge in [-0.1, -0.05) is 31.3 Å². The Kier molecular flexibility index (Phi) is 8.06. The zero-order chi connectivity index (χ0) is 22.7. The average Bonchev–Trinajstić information content (AvgIpc) is 3.22. The molecule has 0 N–H and O–H groups in total. The summed E-state index contributed by atoms with van der Waals surface area (Å²) < 4.78 is 12.2. The van der Waals surface area contributed by atoms with Crippen LogP contribution in [-0.2, 0) is 0 Å². The molecule has 0 bridgehead atoms. The summed E-state index contributed by atoms with van der Waals surface area (Å²) in [5, 5.41) is 11.7. The molecule has 4 rings (SSSR count). The number of ether oxygens (including phenoxy) is 2. The van der Waals surface area contributed by atoms with Crippen molar-refractivity contribution in [3.8, 4) is 11.5 Å². The van der Waals surface area contributed by atoms with Crippen molar-refractivity contribution in [1.82, 2.24) is 9.88 Å². The molecule has 176 valence electrons. The maximum Gasteiger partial charge on any atom is 0.270 e. The first-order chi connectivity index (χ1) is 15.5. The number of hydrogen-bond donors (Lipinski definition) is 0. The molecule has 0 radical (unpaired) electrons. The molecular formula is C22H25ClN4O5S. The third-order valence-electron chi connectivity index (χ3n) is 5.36. The SMILES string of the molecule is CCN(CC)CCN(C(=O)c1cccc([N+](=O)[O-])c1)c1nc2cc3c(cc2s1)OCCO3.Cl. The molecule has 0 fully saturated rings. The molecular weight excluding hydrogens is 468 g/mol. The average molecular weight is 493 g/mol. The normalized spacial score (nSPS) is 12.5. The van der Waals surface area contributed by atoms with E-state index >= 15 is 0 Å². The number of benzene rings is 2. The van der Waals surface area contributed by atoms with Gasteiger partial charge in [-0.15, -0.1) is 12.4 Å². The molecule has 0 saturated heterocycles. The molecule has 1 aliphatic heterocycles. The van der Waals surface area contributed by atoms with Crippen LogP contribution < -0.4 is 14.4 Å². The second-order valence-electron chi connectivity index (χ2n) is 7.25. The number of rotatable bonds is 8. The highest BCUT2D eigenvalue weighted by Gasteiger charge is 2.24. The highest BCUT2D eigenvalue weighted by atomic mass is 35.5. The molecule has 1 amide bonds. The monoisotopic (exact) mass is 492 g/mol. The standard InChI is InChI=1S/C22H24N4O5S.ClH/c1-3-24(4-2)8-9-25(21(27)15-6-5-7-16(12-15)26(28)29)22-23-17-13-18-19(14-20(17)32-22)31-11-10-30-18;/h5-7,12-14H,3-4,8-11H2,1-2H3;1H. The highest BCUT2D eigenvalue weighted by Crippen LogP contribution is 2.39. The van der Waals surface area contributed by atoms with Gasteiger partial charge in [-0.2, -0.15) is 0 Å². The van der Waals surface area contributed by atoms with E-state index in [2.05, 4.69) is 18.7 Å². The molecule has 2 aromatic carbocycles. The number of halogens is 1. The number of nitro benzene ring substituents is 1. The number of nitrogens with zero attached hydrogens (tertiary/aromatic N) is 4. The summed E-state index contributed by atoms with van der Waals surface area (Å²) in [6, 6.07) is 9.50. The van der Waals surface area contributed by atoms with Crippen molar-refractivity contribution in [1.29, 1.82) is 0 Å². The summed E-state index contributed by atoms with van der Waals surface area (Å²) in [4.78, 5) is 32.6. The number of thiazole rings is 1. The lowest BCUT2D eigenvalue weighted by atomic mass is 10.2. The van der Waals surface area contributed by atoms with Gasteiger partial charge in [0.05, 0.1) is 15.1 Å². The fourth-order valence-electron chi connectivity index (χ4n) is 3.54. The van der Waals surface area contributed by atoms with Gasteiger partial charge < -0.3 is 14.4 Å². The van der Waals surface area contributed by atoms with Crippen molar-refractivity contribution in [2.24, 2.45) is 0 Å². The van der Waals surface area contributed by atoms with Crippen LogP contribution in [0.4, 0.5) is 10.8 Å². The van der Waals surface area contributed by atoms with Crippen LogP contribution in [0, 0.1) is 10.1 Å². The molecule has 0 unspecified atom stereocenters. The Hall–Kier alpha value is -2.95. The Morgan fingerprint density at radius 2 is 1.82 bits per heavy atom. The van der Waals surface area contributed by atoms with Crippen molar-refractivity contribution >= 4 is 50.7 Å². The molecule has 1 aliphatic rings. The van der Waals surface area contributed by atoms with E-state index in [1.807, 2.05) is 12.1 Å². The van der Waals surface area contributed by atoms with Crippen LogP contribution in [0.1, 0.15) is 24.2 Å². The number of likely N-dealkylation sites (N-methyl/N-ethyl adjacent to an activating group) is 1. The first-order valence-electron chi connectivity index (χ1n) is 10.5. The summed E-state index contributed by atoms with van der Waals surface area (Å²) in [7, 11) is 0. The molecule has 0 atom stereocenters. The summed E-state index contributed by atoms with van der Waals surface area (Å²) in [5.41, 5.74) is 0.851. The number of carbonyl (C=O) groups is 1. The van der Waals surface area contributed by atoms with E-state index in [-0.39, 0.29) is 29.6 Å². The molecule has 11 heteroatoms. The Morgan fingerprint density at radius 3 is 2.48 bits per heavy atom. The zero-order valence-electron chi connectivity index (χ0n) is 18.4. The lowest BCUT2D eigenvalue weighted by Crippen LogP contribution is -2.38. The number of fused-ring (bicyclic) bond motifs is 2. The number of amides is 1. The predicted molar refractivity (Wildman–Crippen MR) is 130 cm³/mol. The fourth-order valence-corrected chi connectivity index (χ4v) is 4.54. The quantitative estimate of drug-likeness (QED) is 0.340. The van der Waals surface area contributed by atoms with E-state index in [0.717, 1.165) is 17.8 Å². The van der Waals surface area contributed by atoms with Crippen LogP contribution in [0.2, 0.25) is 0 Å². The van der Waals surface area contributed by atoms with Gasteiger partial charge >= 0.3 is 0 Å². The number of hydrogen-bond acceptors (Lipinski definition) is 8. The number of non-ortho nitro benzene ring substituents is 1. The van der Waals surface area contributed by atoms with Crippen LogP contribution in [0.3, 0.4) is 0 Å². The first kappa shape index (κ1) is 24.7. The van der Waals surface area contributed by atoms with Gasteiger partial charge in [0.25, 0.3) is 11.6 Å². The van der Waals surface area contributed by atoms with E-state index in [1.54, 1.807) is 11.0 Å². The third-order valence-corrected chi connectivity index (χ3v) is 6.40. The van der Waals surface area contributed by atoms with E-state index in [1.165, 1.54) is 29.5 Å². The summed E-state index contributed by atoms with van der Waals surface area (Å²) in [6.45, 7) is 7.90. The van der Waals surface area contributed by atoms with Crippen molar-refractivity contribution in [2.45, 2.75) is 13.8 Å². The summed E-state index contributed by atoms with van der Waals surface area (Å²) in [6.07, 6.45) is 0. The van der Waals surface area contributed by atoms with Crippen LogP contribution in [0.25, 0.3) is 10.2 Å². The van der Waals surface area contributed by atoms with Gasteiger partial charge in [0.15, 0.2) is 16.6 Å². The van der Waals surface area contributed by atoms with Gasteiger partial charge in [0.1, 0.15) is 13.2 Å². The predicted octanol–water partition coefficient (Wildman–Crippen LogP) is 4.39. The molecule has 0 saturated carbocycles. The van der Waals surface area contributed by atoms with Crippen LogP contribution in [0.15, 0.2) is 36.4 Å². The Bertz CT molecular complexity index is 1110. The topological polar surface area (TPSA) is 98.0 Å². The van der Waals surface area contributed by atoms with Crippen molar-refractivity contribution in [3.05, 3.63) is 52.1 Å². The van der Waals surface area contributed by atoms with E-state index < -0.39 is 4.92 Å². The largest absolute Gasteiger partial charge is 0.486 e. The maximum atomic E-state index is 13.4. The molecule has 1 aromatic heterocycles. The second-order valence-corrected chi connectivity index (χ2v) is 8.26. The van der Waals surface area contributed by atoms with Gasteiger partial charge in [0.2, 0.25) is 0 Å². The smallest absolute Gasteiger partial charge is 0.270 e. The van der Waals surface area contributed by atoms with E-state index in [4.69, 9.17) is 14.5 Å². The maximum absolute atomic E-state index is 13.4. The third kappa shape index (κ3) is 5.35. The lowest BCUT2D eigenvalue weighted by Gasteiger charge is -2.24. The van der Waals surface area contributed by atoms with Crippen molar-refractivity contribution in [2.75, 3.05) is 44.3 Å². The van der Waals surface area contributed by atoms with Gasteiger partial charge in [-0.25, -0.2) is 4.98 Å². The number of anilines is 1. The molecule has 0 spiro atoms. The lowest BCUT2D eigenvalue weighted by molar-refractivity contribution is -0.384. The van der Waals surface area contributed by atoms with Crippen LogP contribution in [-0.4, -0.2) is 60.1 Å². The Labute approximate surface area is 201 Å². The zero-order valence-corrected chi connectivity index (χ0v) is 20.0. The Morgan fingerprint density at radius 1 is 1.12 bits per heavy atom. The highest BCUT2D eigenvalue weighted by molar-refractivity contribution is 7.22. The fraction of sp³-hybridized carbons (Fsp3) is 0.364. The molecule has 0 aliphatic carbocycles. The molecule has 3 aromatic rings. The minimum absolute atomic E-state index is 0. The minimum Gasteiger partial charge on any atom is -0.486 e. The number of aromatic nitrogens is 1. The summed E-state index contributed by atoms with van der Waals surface area (Å²) in [5.74, 6) is 0.983. The van der Waals surface area contributed by atoms with Gasteiger partial charge in [-0.3, -0.25) is 19.8 Å². The van der Waals surface area contributed by atoms with E-state index in [9.17, 15) is 14.9 Å². The first-order valence-corrected chi connectivity index (χ1v) is 11.3. The minimum atomic E-state index is -0.501. The van der Waals surface area contributed by atoms with Crippen molar-refractivity contribution < 1.29 is 19.2 Å². The summed E-state index contributed by atoms with van der Waals surface area (Å²) >= 11 is 1.38. The Balaban J connectivity index is 0.00000306. The van der Waals surface area contributed by atoms with Crippen LogP contribution >= 0.6 is 23.7 Å². The second kappa shape index (κ2) is 10.8. The van der Waals surface area contributed by atoms with Crippen molar-refractivity contribution in [3.63, 3.8) is 0 Å². The molecule has 2 heterocycles. The molecule has 33 heavy (non-hydrogen) atoms. The number of nitro groups is 1. The van der Waals surface area contributed by atoms with Gasteiger partial charge in [-0.05, 0) is 19.2 Å². The number of carbonyl (C=O) groups excluding carboxylic acids is 1. The van der Waals surface area contributed by atoms with Crippen LogP contribution in [0.5, 0.6) is 11.5 Å². The molecule has 9 nitrogen and oxygen atoms in total.